The van der Waals surface area contributed by atoms with Crippen LogP contribution in [0.3, 0.4) is 0 Å². The van der Waals surface area contributed by atoms with Crippen LogP contribution in [0.4, 0.5) is 0 Å². The largest absolute Gasteiger partial charge is 0.395 e. The van der Waals surface area contributed by atoms with E-state index < -0.39 is 0 Å². The third-order valence-electron chi connectivity index (χ3n) is 0.743. The van der Waals surface area contributed by atoms with Gasteiger partial charge in [0.1, 0.15) is 6.61 Å². The molecule has 0 aromatic heterocycles. The Morgan fingerprint density at radius 1 is 0.900 bits per heavy atom. The van der Waals surface area contributed by atoms with E-state index in [9.17, 15) is 0 Å². The molecule has 0 fully saturated rings. The van der Waals surface area contributed by atoms with E-state index in [-0.39, 0.29) is 13.2 Å². The van der Waals surface area contributed by atoms with Gasteiger partial charge in [0.25, 0.3) is 0 Å². The lowest BCUT2D eigenvalue weighted by Gasteiger charge is -1.75. The zero-order chi connectivity index (χ0) is 7.66. The molecule has 0 aromatic rings. The van der Waals surface area contributed by atoms with Gasteiger partial charge < -0.3 is 10.2 Å². The average Bonchev–Trinajstić information content (AvgIpc) is 1.97. The van der Waals surface area contributed by atoms with Crippen molar-refractivity contribution in [2.24, 2.45) is 0 Å². The highest BCUT2D eigenvalue weighted by molar-refractivity contribution is 5.11. The molecule has 2 N–H and O–H groups in total. The number of aliphatic hydroxyl groups is 2. The van der Waals surface area contributed by atoms with Crippen molar-refractivity contribution in [3.05, 3.63) is 0 Å². The summed E-state index contributed by atoms with van der Waals surface area (Å²) in [5, 5.41) is 16.5. The SMILES string of the molecule is OCC#CCC#CCCO. The van der Waals surface area contributed by atoms with Crippen molar-refractivity contribution in [1.29, 1.82) is 0 Å². The molecule has 0 aliphatic heterocycles. The van der Waals surface area contributed by atoms with E-state index >= 15 is 0 Å². The van der Waals surface area contributed by atoms with Crippen LogP contribution in [0.5, 0.6) is 0 Å². The first-order chi connectivity index (χ1) is 4.91. The smallest absolute Gasteiger partial charge is 0.104 e. The molecular weight excluding hydrogens is 128 g/mol. The van der Waals surface area contributed by atoms with Gasteiger partial charge >= 0.3 is 0 Å². The molecule has 0 aliphatic carbocycles. The predicted octanol–water partition coefficient (Wildman–Crippen LogP) is -0.242. The lowest BCUT2D eigenvalue weighted by atomic mass is 10.4. The van der Waals surface area contributed by atoms with Crippen molar-refractivity contribution in [1.82, 2.24) is 0 Å². The van der Waals surface area contributed by atoms with Crippen LogP contribution in [-0.4, -0.2) is 23.4 Å². The van der Waals surface area contributed by atoms with Crippen LogP contribution < -0.4 is 0 Å². The molecule has 0 heterocycles. The second kappa shape index (κ2) is 8.04. The summed E-state index contributed by atoms with van der Waals surface area (Å²) in [6.45, 7) is -0.0118. The molecule has 0 atom stereocenters. The van der Waals surface area contributed by atoms with Crippen molar-refractivity contribution < 1.29 is 10.2 Å². The van der Waals surface area contributed by atoms with Gasteiger partial charge in [-0.15, -0.1) is 0 Å². The lowest BCUT2D eigenvalue weighted by molar-refractivity contribution is 0.305. The van der Waals surface area contributed by atoms with Crippen LogP contribution in [0.15, 0.2) is 0 Å². The number of hydrogen-bond donors (Lipinski definition) is 2. The summed E-state index contributed by atoms with van der Waals surface area (Å²) in [6, 6.07) is 0. The fraction of sp³-hybridized carbons (Fsp3) is 0.500. The lowest BCUT2D eigenvalue weighted by Crippen LogP contribution is -1.75. The highest BCUT2D eigenvalue weighted by Gasteiger charge is 1.69. The number of aliphatic hydroxyl groups excluding tert-OH is 2. The third-order valence-corrected chi connectivity index (χ3v) is 0.743. The second-order valence-corrected chi connectivity index (χ2v) is 1.52. The van der Waals surface area contributed by atoms with Gasteiger partial charge in [-0.05, 0) is 0 Å². The van der Waals surface area contributed by atoms with Crippen LogP contribution in [-0.2, 0) is 0 Å². The normalized spacial score (nSPS) is 7.00. The third kappa shape index (κ3) is 7.04. The Balaban J connectivity index is 3.28. The van der Waals surface area contributed by atoms with Crippen molar-refractivity contribution >= 4 is 0 Å². The van der Waals surface area contributed by atoms with Crippen LogP contribution in [0.2, 0.25) is 0 Å². The molecule has 0 saturated heterocycles. The molecule has 0 rings (SSSR count). The monoisotopic (exact) mass is 138 g/mol. The molecule has 0 radical (unpaired) electrons. The standard InChI is InChI=1S/C8H10O2/c9-7-5-3-1-2-4-6-8-10/h9-10H,1,6-8H2. The second-order valence-electron chi connectivity index (χ2n) is 1.52. The topological polar surface area (TPSA) is 40.5 Å². The van der Waals surface area contributed by atoms with E-state index in [4.69, 9.17) is 10.2 Å². The summed E-state index contributed by atoms with van der Waals surface area (Å²) in [4.78, 5) is 0. The molecule has 0 saturated carbocycles. The van der Waals surface area contributed by atoms with Gasteiger partial charge in [0.15, 0.2) is 0 Å². The van der Waals surface area contributed by atoms with Crippen LogP contribution >= 0.6 is 0 Å². The Bertz CT molecular complexity index is 175. The van der Waals surface area contributed by atoms with E-state index in [1.807, 2.05) is 0 Å². The van der Waals surface area contributed by atoms with E-state index in [0.717, 1.165) is 0 Å². The minimum atomic E-state index is -0.109. The highest BCUT2D eigenvalue weighted by atomic mass is 16.3. The first-order valence-corrected chi connectivity index (χ1v) is 3.05. The van der Waals surface area contributed by atoms with Crippen molar-refractivity contribution in [2.75, 3.05) is 13.2 Å². The molecule has 54 valence electrons. The Labute approximate surface area is 60.9 Å². The van der Waals surface area contributed by atoms with Crippen molar-refractivity contribution in [2.45, 2.75) is 12.8 Å². The van der Waals surface area contributed by atoms with Crippen molar-refractivity contribution in [3.63, 3.8) is 0 Å². The van der Waals surface area contributed by atoms with Gasteiger partial charge in [0.05, 0.1) is 13.0 Å². The summed E-state index contributed by atoms with van der Waals surface area (Å²) < 4.78 is 0. The highest BCUT2D eigenvalue weighted by Crippen LogP contribution is 1.73. The minimum absolute atomic E-state index is 0.0976. The zero-order valence-electron chi connectivity index (χ0n) is 5.72. The molecule has 2 nitrogen and oxygen atoms in total. The van der Waals surface area contributed by atoms with Gasteiger partial charge in [-0.3, -0.25) is 0 Å². The molecule has 0 aromatic carbocycles. The van der Waals surface area contributed by atoms with E-state index in [0.29, 0.717) is 12.8 Å². The van der Waals surface area contributed by atoms with Gasteiger partial charge in [-0.2, -0.15) is 0 Å². The number of rotatable bonds is 1. The van der Waals surface area contributed by atoms with Gasteiger partial charge in [-0.25, -0.2) is 0 Å². The van der Waals surface area contributed by atoms with Gasteiger partial charge in [0, 0.05) is 6.42 Å². The van der Waals surface area contributed by atoms with E-state index in [1.165, 1.54) is 0 Å². The average molecular weight is 138 g/mol. The zero-order valence-corrected chi connectivity index (χ0v) is 5.72. The molecule has 0 amide bonds. The van der Waals surface area contributed by atoms with Crippen LogP contribution in [0, 0.1) is 23.7 Å². The Hall–Kier alpha value is -0.960. The Morgan fingerprint density at radius 3 is 2.20 bits per heavy atom. The van der Waals surface area contributed by atoms with Gasteiger partial charge in [0.2, 0.25) is 0 Å². The summed E-state index contributed by atoms with van der Waals surface area (Å²) in [5.41, 5.74) is 0. The fourth-order valence-electron chi connectivity index (χ4n) is 0.369. The molecule has 0 unspecified atom stereocenters. The Morgan fingerprint density at radius 2 is 1.60 bits per heavy atom. The fourth-order valence-corrected chi connectivity index (χ4v) is 0.369. The first-order valence-electron chi connectivity index (χ1n) is 3.05. The quantitative estimate of drug-likeness (QED) is 0.491. The van der Waals surface area contributed by atoms with E-state index in [2.05, 4.69) is 23.7 Å². The molecule has 2 heteroatoms. The molecule has 0 spiro atoms. The van der Waals surface area contributed by atoms with Crippen molar-refractivity contribution in [3.8, 4) is 23.7 Å². The minimum Gasteiger partial charge on any atom is -0.395 e. The van der Waals surface area contributed by atoms with Crippen LogP contribution in [0.25, 0.3) is 0 Å². The Kier molecular flexibility index (Phi) is 7.27. The molecule has 10 heavy (non-hydrogen) atoms. The number of hydrogen-bond acceptors (Lipinski definition) is 2. The summed E-state index contributed by atoms with van der Waals surface area (Å²) in [7, 11) is 0. The summed E-state index contributed by atoms with van der Waals surface area (Å²) in [5.74, 6) is 10.5. The molecular formula is C8H10O2. The van der Waals surface area contributed by atoms with E-state index in [1.54, 1.807) is 0 Å². The maximum absolute atomic E-state index is 8.29. The maximum atomic E-state index is 8.29. The van der Waals surface area contributed by atoms with Gasteiger partial charge in [-0.1, -0.05) is 23.7 Å². The summed E-state index contributed by atoms with van der Waals surface area (Å²) in [6.07, 6.45) is 0.974. The van der Waals surface area contributed by atoms with Crippen LogP contribution in [0.1, 0.15) is 12.8 Å². The molecule has 0 bridgehead atoms. The molecule has 0 aliphatic rings. The summed E-state index contributed by atoms with van der Waals surface area (Å²) >= 11 is 0. The first kappa shape index (κ1) is 9.04. The predicted molar refractivity (Wildman–Crippen MR) is 39.0 cm³/mol. The maximum Gasteiger partial charge on any atom is 0.104 e.